The number of likely N-dealkylation sites (tertiary alicyclic amines) is 1. The molecular weight excluding hydrogens is 226 g/mol. The third-order valence-corrected chi connectivity index (χ3v) is 4.31. The second kappa shape index (κ2) is 5.48. The van der Waals surface area contributed by atoms with Gasteiger partial charge in [0.25, 0.3) is 0 Å². The Hall–Kier alpha value is -0.120. The van der Waals surface area contributed by atoms with Crippen LogP contribution in [0.5, 0.6) is 0 Å². The Morgan fingerprint density at radius 2 is 1.89 bits per heavy atom. The average molecular weight is 256 g/mol. The van der Waals surface area contributed by atoms with Gasteiger partial charge in [-0.15, -0.1) is 0 Å². The van der Waals surface area contributed by atoms with Crippen molar-refractivity contribution >= 4 is 0 Å². The Bertz CT molecular complexity index is 274. The molecule has 2 aliphatic heterocycles. The Kier molecular flexibility index (Phi) is 4.35. The summed E-state index contributed by atoms with van der Waals surface area (Å²) in [4.78, 5) is 0. The molecule has 0 radical (unpaired) electrons. The first-order valence-electron chi connectivity index (χ1n) is 7.56. The van der Waals surface area contributed by atoms with Crippen LogP contribution in [0, 0.1) is 5.92 Å². The number of quaternary nitrogens is 1. The van der Waals surface area contributed by atoms with E-state index in [1.807, 2.05) is 0 Å². The highest BCUT2D eigenvalue weighted by Gasteiger charge is 2.41. The lowest BCUT2D eigenvalue weighted by molar-refractivity contribution is -0.916. The molecule has 0 N–H and O–H groups in total. The van der Waals surface area contributed by atoms with Crippen molar-refractivity contribution in [2.24, 2.45) is 5.92 Å². The Balaban J connectivity index is 1.85. The molecule has 0 saturated carbocycles. The quantitative estimate of drug-likeness (QED) is 0.720. The van der Waals surface area contributed by atoms with Crippen molar-refractivity contribution in [2.45, 2.75) is 58.3 Å². The van der Waals surface area contributed by atoms with E-state index in [1.165, 1.54) is 36.8 Å². The van der Waals surface area contributed by atoms with E-state index in [0.29, 0.717) is 5.92 Å². The van der Waals surface area contributed by atoms with Gasteiger partial charge in [0.05, 0.1) is 26.7 Å². The Labute approximate surface area is 112 Å². The molecular formula is C15H30NO2+. The molecule has 2 rings (SSSR count). The third kappa shape index (κ3) is 3.69. The minimum Gasteiger partial charge on any atom is -0.347 e. The number of rotatable bonds is 4. The molecule has 106 valence electrons. The molecule has 0 unspecified atom stereocenters. The maximum Gasteiger partial charge on any atom is 0.166 e. The molecule has 0 spiro atoms. The molecule has 0 aromatic carbocycles. The van der Waals surface area contributed by atoms with Crippen molar-refractivity contribution in [2.75, 3.05) is 33.3 Å². The van der Waals surface area contributed by atoms with Crippen molar-refractivity contribution in [3.63, 3.8) is 0 Å². The van der Waals surface area contributed by atoms with Gasteiger partial charge in [-0.2, -0.15) is 0 Å². The van der Waals surface area contributed by atoms with Crippen LogP contribution in [0.4, 0.5) is 0 Å². The van der Waals surface area contributed by atoms with Gasteiger partial charge in [0, 0.05) is 6.42 Å². The van der Waals surface area contributed by atoms with E-state index in [0.717, 1.165) is 19.6 Å². The highest BCUT2D eigenvalue weighted by atomic mass is 16.7. The summed E-state index contributed by atoms with van der Waals surface area (Å²) < 4.78 is 13.3. The molecule has 0 amide bonds. The summed E-state index contributed by atoms with van der Waals surface area (Å²) in [6.45, 7) is 11.1. The van der Waals surface area contributed by atoms with Crippen LogP contribution in [-0.2, 0) is 9.47 Å². The summed E-state index contributed by atoms with van der Waals surface area (Å²) in [6, 6.07) is 0. The maximum atomic E-state index is 6.19. The predicted molar refractivity (Wildman–Crippen MR) is 73.3 cm³/mol. The van der Waals surface area contributed by atoms with Gasteiger partial charge < -0.3 is 14.0 Å². The minimum absolute atomic E-state index is 0.289. The average Bonchev–Trinajstić information content (AvgIpc) is 2.58. The van der Waals surface area contributed by atoms with Gasteiger partial charge in [0.15, 0.2) is 5.79 Å². The number of likely N-dealkylation sites (N-methyl/N-ethyl adjacent to an activating group) is 1. The summed E-state index contributed by atoms with van der Waals surface area (Å²) in [5, 5.41) is 0. The number of piperidine rings is 1. The van der Waals surface area contributed by atoms with Crippen LogP contribution in [0.2, 0.25) is 0 Å². The lowest BCUT2D eigenvalue weighted by atomic mass is 10.0. The summed E-state index contributed by atoms with van der Waals surface area (Å²) in [5.41, 5.74) is 0. The van der Waals surface area contributed by atoms with Crippen molar-refractivity contribution in [1.29, 1.82) is 0 Å². The van der Waals surface area contributed by atoms with E-state index in [4.69, 9.17) is 9.47 Å². The Morgan fingerprint density at radius 3 is 2.50 bits per heavy atom. The second-order valence-corrected chi connectivity index (χ2v) is 7.09. The predicted octanol–water partition coefficient (Wildman–Crippen LogP) is 2.79. The van der Waals surface area contributed by atoms with Crippen LogP contribution in [-0.4, -0.2) is 49.7 Å². The van der Waals surface area contributed by atoms with Gasteiger partial charge in [0.2, 0.25) is 0 Å². The van der Waals surface area contributed by atoms with E-state index in [2.05, 4.69) is 27.8 Å². The lowest BCUT2D eigenvalue weighted by Gasteiger charge is -2.39. The van der Waals surface area contributed by atoms with E-state index in [9.17, 15) is 0 Å². The highest BCUT2D eigenvalue weighted by molar-refractivity contribution is 4.76. The van der Waals surface area contributed by atoms with Gasteiger partial charge >= 0.3 is 0 Å². The minimum atomic E-state index is -0.340. The van der Waals surface area contributed by atoms with Crippen LogP contribution in [0.25, 0.3) is 0 Å². The maximum absolute atomic E-state index is 6.19. The standard InChI is InChI=1S/C15H30NO2/c1-13(2)10-15(3)17-12-14(18-15)11-16(4)8-6-5-7-9-16/h13-14H,5-12H2,1-4H3/q+1/t14-,15+/m0/s1. The molecule has 18 heavy (non-hydrogen) atoms. The van der Waals surface area contributed by atoms with Gasteiger partial charge in [-0.1, -0.05) is 13.8 Å². The normalized spacial score (nSPS) is 36.2. The summed E-state index contributed by atoms with van der Waals surface area (Å²) in [6.07, 6.45) is 5.42. The van der Waals surface area contributed by atoms with Gasteiger partial charge in [-0.05, 0) is 32.1 Å². The molecule has 0 bridgehead atoms. The van der Waals surface area contributed by atoms with Gasteiger partial charge in [0.1, 0.15) is 12.6 Å². The molecule has 0 aliphatic carbocycles. The van der Waals surface area contributed by atoms with Crippen LogP contribution in [0.3, 0.4) is 0 Å². The largest absolute Gasteiger partial charge is 0.347 e. The van der Waals surface area contributed by atoms with E-state index < -0.39 is 0 Å². The summed E-state index contributed by atoms with van der Waals surface area (Å²) in [7, 11) is 2.38. The lowest BCUT2D eigenvalue weighted by Crippen LogP contribution is -2.52. The monoisotopic (exact) mass is 256 g/mol. The number of hydrogen-bond donors (Lipinski definition) is 0. The highest BCUT2D eigenvalue weighted by Crippen LogP contribution is 2.31. The molecule has 2 saturated heterocycles. The first-order valence-corrected chi connectivity index (χ1v) is 7.56. The Morgan fingerprint density at radius 1 is 1.22 bits per heavy atom. The molecule has 2 aliphatic rings. The zero-order valence-electron chi connectivity index (χ0n) is 12.6. The number of hydrogen-bond acceptors (Lipinski definition) is 2. The van der Waals surface area contributed by atoms with E-state index >= 15 is 0 Å². The first-order chi connectivity index (χ1) is 8.41. The van der Waals surface area contributed by atoms with Crippen LogP contribution < -0.4 is 0 Å². The fraction of sp³-hybridized carbons (Fsp3) is 1.00. The van der Waals surface area contributed by atoms with Crippen molar-refractivity contribution in [3.05, 3.63) is 0 Å². The number of ether oxygens (including phenoxy) is 2. The van der Waals surface area contributed by atoms with Crippen LogP contribution in [0.1, 0.15) is 46.5 Å². The van der Waals surface area contributed by atoms with Crippen molar-refractivity contribution in [1.82, 2.24) is 0 Å². The molecule has 3 heteroatoms. The van der Waals surface area contributed by atoms with Gasteiger partial charge in [-0.25, -0.2) is 0 Å². The van der Waals surface area contributed by atoms with Crippen molar-refractivity contribution < 1.29 is 14.0 Å². The first kappa shape index (κ1) is 14.3. The molecule has 2 fully saturated rings. The molecule has 0 aromatic heterocycles. The molecule has 3 nitrogen and oxygen atoms in total. The fourth-order valence-electron chi connectivity index (χ4n) is 3.58. The molecule has 0 aromatic rings. The molecule has 2 heterocycles. The number of nitrogens with zero attached hydrogens (tertiary/aromatic N) is 1. The SMILES string of the molecule is CC(C)C[C@]1(C)OC[C@H](C[N+]2(C)CCCCC2)O1. The summed E-state index contributed by atoms with van der Waals surface area (Å²) in [5.74, 6) is 0.279. The topological polar surface area (TPSA) is 18.5 Å². The zero-order valence-corrected chi connectivity index (χ0v) is 12.6. The second-order valence-electron chi connectivity index (χ2n) is 7.09. The van der Waals surface area contributed by atoms with E-state index in [-0.39, 0.29) is 11.9 Å². The van der Waals surface area contributed by atoms with Crippen LogP contribution in [0.15, 0.2) is 0 Å². The summed E-state index contributed by atoms with van der Waals surface area (Å²) >= 11 is 0. The third-order valence-electron chi connectivity index (χ3n) is 4.31. The zero-order chi connectivity index (χ0) is 13.2. The van der Waals surface area contributed by atoms with Crippen molar-refractivity contribution in [3.8, 4) is 0 Å². The smallest absolute Gasteiger partial charge is 0.166 e. The fourth-order valence-corrected chi connectivity index (χ4v) is 3.58. The van der Waals surface area contributed by atoms with E-state index in [1.54, 1.807) is 0 Å². The van der Waals surface area contributed by atoms with Crippen LogP contribution >= 0.6 is 0 Å². The van der Waals surface area contributed by atoms with Gasteiger partial charge in [-0.3, -0.25) is 0 Å². The molecule has 2 atom stereocenters.